The Kier molecular flexibility index (Phi) is 6.04. The molecule has 2 atom stereocenters. The maximum Gasteiger partial charge on any atom is 0.286 e. The fourth-order valence-electron chi connectivity index (χ4n) is 3.39. The van der Waals surface area contributed by atoms with Gasteiger partial charge in [-0.2, -0.15) is 4.99 Å². The zero-order valence-corrected chi connectivity index (χ0v) is 16.8. The van der Waals surface area contributed by atoms with Crippen molar-refractivity contribution in [3.8, 4) is 0 Å². The van der Waals surface area contributed by atoms with Crippen molar-refractivity contribution in [3.05, 3.63) is 34.7 Å². The van der Waals surface area contributed by atoms with Crippen LogP contribution in [0.1, 0.15) is 33.3 Å². The molecule has 0 bridgehead atoms. The largest absolute Gasteiger partial charge is 0.372 e. The van der Waals surface area contributed by atoms with Gasteiger partial charge in [0.2, 0.25) is 0 Å². The zero-order valence-electron chi connectivity index (χ0n) is 15.9. The molecule has 0 radical (unpaired) electrons. The molecule has 2 heterocycles. The van der Waals surface area contributed by atoms with E-state index in [-0.39, 0.29) is 18.1 Å². The summed E-state index contributed by atoms with van der Waals surface area (Å²) in [6.07, 6.45) is 2.23. The first-order chi connectivity index (χ1) is 12.5. The van der Waals surface area contributed by atoms with Crippen LogP contribution in [0.4, 0.5) is 5.69 Å². The molecule has 1 aromatic rings. The molecule has 1 amide bonds. The summed E-state index contributed by atoms with van der Waals surface area (Å²) in [4.78, 5) is 21.7. The lowest BCUT2D eigenvalue weighted by Crippen LogP contribution is -2.47. The van der Waals surface area contributed by atoms with E-state index in [9.17, 15) is 4.79 Å². The van der Waals surface area contributed by atoms with Gasteiger partial charge in [-0.15, -0.1) is 0 Å². The lowest BCUT2D eigenvalue weighted by molar-refractivity contribution is -0.113. The molecule has 0 unspecified atom stereocenters. The molecule has 5 nitrogen and oxygen atoms in total. The van der Waals surface area contributed by atoms with Crippen LogP contribution in [0.2, 0.25) is 0 Å². The Hall–Kier alpha value is -1.79. The Morgan fingerprint density at radius 3 is 2.38 bits per heavy atom. The maximum absolute atomic E-state index is 12.3. The topological polar surface area (TPSA) is 45.1 Å². The van der Waals surface area contributed by atoms with Crippen molar-refractivity contribution >= 4 is 34.6 Å². The van der Waals surface area contributed by atoms with Crippen molar-refractivity contribution in [2.24, 2.45) is 4.99 Å². The van der Waals surface area contributed by atoms with Gasteiger partial charge in [-0.05, 0) is 63.2 Å². The second-order valence-corrected chi connectivity index (χ2v) is 7.75. The number of rotatable bonds is 4. The number of hydrogen-bond donors (Lipinski definition) is 0. The predicted octanol–water partition coefficient (Wildman–Crippen LogP) is 3.61. The van der Waals surface area contributed by atoms with Crippen LogP contribution in [-0.4, -0.2) is 54.4 Å². The third kappa shape index (κ3) is 4.30. The first-order valence-electron chi connectivity index (χ1n) is 9.28. The van der Waals surface area contributed by atoms with E-state index in [1.54, 1.807) is 0 Å². The quantitative estimate of drug-likeness (QED) is 0.755. The molecule has 140 valence electrons. The van der Waals surface area contributed by atoms with Gasteiger partial charge in [0.15, 0.2) is 5.17 Å². The van der Waals surface area contributed by atoms with Gasteiger partial charge in [0.05, 0.1) is 17.1 Å². The zero-order chi connectivity index (χ0) is 18.7. The van der Waals surface area contributed by atoms with E-state index in [4.69, 9.17) is 4.74 Å². The Morgan fingerprint density at radius 1 is 1.19 bits per heavy atom. The van der Waals surface area contributed by atoms with Gasteiger partial charge in [0, 0.05) is 31.9 Å². The van der Waals surface area contributed by atoms with Crippen LogP contribution in [-0.2, 0) is 9.53 Å². The highest BCUT2D eigenvalue weighted by molar-refractivity contribution is 8.18. The second kappa shape index (κ2) is 8.27. The van der Waals surface area contributed by atoms with Crippen molar-refractivity contribution in [3.63, 3.8) is 0 Å². The van der Waals surface area contributed by atoms with E-state index >= 15 is 0 Å². The number of nitrogens with zero attached hydrogens (tertiary/aromatic N) is 3. The number of aliphatic imine (C=N–C) groups is 1. The van der Waals surface area contributed by atoms with Crippen molar-refractivity contribution in [1.82, 2.24) is 4.90 Å². The lowest BCUT2D eigenvalue weighted by atomic mass is 10.2. The Labute approximate surface area is 160 Å². The summed E-state index contributed by atoms with van der Waals surface area (Å²) in [6, 6.07) is 8.34. The van der Waals surface area contributed by atoms with Crippen LogP contribution in [0.15, 0.2) is 34.2 Å². The molecule has 0 aliphatic carbocycles. The van der Waals surface area contributed by atoms with Gasteiger partial charge in [0.25, 0.3) is 5.91 Å². The van der Waals surface area contributed by atoms with Crippen LogP contribution in [0.3, 0.4) is 0 Å². The lowest BCUT2D eigenvalue weighted by Gasteiger charge is -2.35. The number of amides is 1. The minimum atomic E-state index is -0.149. The minimum absolute atomic E-state index is 0.149. The highest BCUT2D eigenvalue weighted by atomic mass is 32.2. The normalized spacial score (nSPS) is 24.9. The van der Waals surface area contributed by atoms with E-state index in [0.717, 1.165) is 36.9 Å². The fraction of sp³-hybridized carbons (Fsp3) is 0.500. The minimum Gasteiger partial charge on any atom is -0.372 e. The second-order valence-electron chi connectivity index (χ2n) is 6.74. The Balaban J connectivity index is 1.70. The average Bonchev–Trinajstić information content (AvgIpc) is 2.97. The summed E-state index contributed by atoms with van der Waals surface area (Å²) in [7, 11) is 0. The van der Waals surface area contributed by atoms with Crippen molar-refractivity contribution in [1.29, 1.82) is 0 Å². The van der Waals surface area contributed by atoms with E-state index in [1.165, 1.54) is 17.4 Å². The van der Waals surface area contributed by atoms with Crippen LogP contribution < -0.4 is 4.90 Å². The predicted molar refractivity (Wildman–Crippen MR) is 110 cm³/mol. The SMILES string of the molecule is CCN(CC)c1ccc(/C=C2/SC(N3C[C@@H](C)O[C@H](C)C3)=NC2=O)cc1. The first kappa shape index (κ1) is 19.0. The molecule has 2 aliphatic rings. The summed E-state index contributed by atoms with van der Waals surface area (Å²) in [6.45, 7) is 11.9. The number of amidine groups is 1. The van der Waals surface area contributed by atoms with E-state index in [1.807, 2.05) is 6.08 Å². The molecular formula is C20H27N3O2S. The van der Waals surface area contributed by atoms with Gasteiger partial charge >= 0.3 is 0 Å². The number of anilines is 1. The third-order valence-corrected chi connectivity index (χ3v) is 5.66. The van der Waals surface area contributed by atoms with E-state index < -0.39 is 0 Å². The summed E-state index contributed by atoms with van der Waals surface area (Å²) in [5.41, 5.74) is 2.23. The summed E-state index contributed by atoms with van der Waals surface area (Å²) in [5.74, 6) is -0.149. The van der Waals surface area contributed by atoms with Crippen LogP contribution in [0.5, 0.6) is 0 Å². The van der Waals surface area contributed by atoms with Gasteiger partial charge < -0.3 is 14.5 Å². The highest BCUT2D eigenvalue weighted by Gasteiger charge is 2.30. The first-order valence-corrected chi connectivity index (χ1v) is 10.1. The van der Waals surface area contributed by atoms with Crippen molar-refractivity contribution in [2.45, 2.75) is 39.9 Å². The standard InChI is InChI=1S/C20H27N3O2S/c1-5-22(6-2)17-9-7-16(8-10-17)11-18-19(24)21-20(26-18)23-12-14(3)25-15(4)13-23/h7-11,14-15H,5-6,12-13H2,1-4H3/b18-11+/t14-,15-/m1/s1. The number of thioether (sulfide) groups is 1. The van der Waals surface area contributed by atoms with Gasteiger partial charge in [-0.3, -0.25) is 4.79 Å². The molecule has 0 saturated carbocycles. The molecule has 0 N–H and O–H groups in total. The molecule has 1 fully saturated rings. The smallest absolute Gasteiger partial charge is 0.286 e. The third-order valence-electron chi connectivity index (χ3n) is 4.62. The van der Waals surface area contributed by atoms with E-state index in [2.05, 4.69) is 66.8 Å². The summed E-state index contributed by atoms with van der Waals surface area (Å²) in [5, 5.41) is 0.794. The number of benzene rings is 1. The summed E-state index contributed by atoms with van der Waals surface area (Å²) < 4.78 is 5.76. The number of ether oxygens (including phenoxy) is 1. The van der Waals surface area contributed by atoms with Crippen LogP contribution in [0, 0.1) is 0 Å². The van der Waals surface area contributed by atoms with Crippen LogP contribution in [0.25, 0.3) is 6.08 Å². The molecule has 0 aromatic heterocycles. The van der Waals surface area contributed by atoms with Crippen LogP contribution >= 0.6 is 11.8 Å². The molecule has 1 saturated heterocycles. The molecule has 26 heavy (non-hydrogen) atoms. The van der Waals surface area contributed by atoms with Gasteiger partial charge in [0.1, 0.15) is 0 Å². The molecule has 3 rings (SSSR count). The molecule has 1 aromatic carbocycles. The number of carbonyl (C=O) groups excluding carboxylic acids is 1. The average molecular weight is 374 g/mol. The van der Waals surface area contributed by atoms with Crippen molar-refractivity contribution < 1.29 is 9.53 Å². The fourth-order valence-corrected chi connectivity index (χ4v) is 4.32. The molecule has 2 aliphatic heterocycles. The van der Waals surface area contributed by atoms with Gasteiger partial charge in [-0.25, -0.2) is 0 Å². The van der Waals surface area contributed by atoms with E-state index in [0.29, 0.717) is 4.91 Å². The molecule has 6 heteroatoms. The van der Waals surface area contributed by atoms with Gasteiger partial charge in [-0.1, -0.05) is 12.1 Å². The summed E-state index contributed by atoms with van der Waals surface area (Å²) >= 11 is 1.47. The van der Waals surface area contributed by atoms with Crippen molar-refractivity contribution in [2.75, 3.05) is 31.1 Å². The Bertz CT molecular complexity index is 700. The monoisotopic (exact) mass is 373 g/mol. The molecule has 0 spiro atoms. The Morgan fingerprint density at radius 2 is 1.81 bits per heavy atom. The maximum atomic E-state index is 12.3. The molecular weight excluding hydrogens is 346 g/mol. The number of morpholine rings is 1. The highest BCUT2D eigenvalue weighted by Crippen LogP contribution is 2.31. The number of carbonyl (C=O) groups is 1. The number of hydrogen-bond acceptors (Lipinski definition) is 5.